The van der Waals surface area contributed by atoms with Crippen LogP contribution in [0, 0.1) is 6.92 Å². The standard InChI is InChI=1S/C27H30N4O5/c1-17-21(16-28-31(17)18-9-7-6-8-10-18)25(32)23-24(20-15-19(35-4)11-12-22(20)36-5)30(14-13-29(2)3)27(34)26(23)33/h6-12,15-16,24,32H,13-14H2,1-5H3/b25-23+/t24-/m1/s1. The first kappa shape index (κ1) is 25.0. The lowest BCUT2D eigenvalue weighted by Crippen LogP contribution is -2.35. The lowest BCUT2D eigenvalue weighted by Gasteiger charge is -2.27. The molecule has 0 radical (unpaired) electrons. The van der Waals surface area contributed by atoms with Gasteiger partial charge < -0.3 is 24.4 Å². The molecule has 2 aromatic carbocycles. The molecule has 1 aliphatic rings. The molecule has 2 heterocycles. The van der Waals surface area contributed by atoms with E-state index in [0.29, 0.717) is 34.9 Å². The number of aromatic nitrogens is 2. The molecule has 3 aromatic rings. The maximum absolute atomic E-state index is 13.4. The van der Waals surface area contributed by atoms with Crippen molar-refractivity contribution < 1.29 is 24.2 Å². The number of amides is 1. The van der Waals surface area contributed by atoms with Crippen LogP contribution in [0.3, 0.4) is 0 Å². The molecule has 188 valence electrons. The fourth-order valence-corrected chi connectivity index (χ4v) is 4.41. The molecule has 1 saturated heterocycles. The summed E-state index contributed by atoms with van der Waals surface area (Å²) in [6.07, 6.45) is 1.50. The number of rotatable bonds is 8. The Morgan fingerprint density at radius 3 is 2.44 bits per heavy atom. The number of benzene rings is 2. The molecule has 0 bridgehead atoms. The van der Waals surface area contributed by atoms with Crippen molar-refractivity contribution in [2.75, 3.05) is 41.4 Å². The summed E-state index contributed by atoms with van der Waals surface area (Å²) >= 11 is 0. The molecule has 0 unspecified atom stereocenters. The van der Waals surface area contributed by atoms with Crippen molar-refractivity contribution >= 4 is 17.4 Å². The fourth-order valence-electron chi connectivity index (χ4n) is 4.41. The predicted octanol–water partition coefficient (Wildman–Crippen LogP) is 3.18. The summed E-state index contributed by atoms with van der Waals surface area (Å²) in [5.74, 6) is -0.707. The molecule has 0 saturated carbocycles. The minimum Gasteiger partial charge on any atom is -0.507 e. The number of Topliss-reactive ketones (excluding diaryl/α,β-unsaturated/α-hetero) is 1. The second-order valence-electron chi connectivity index (χ2n) is 8.79. The second kappa shape index (κ2) is 10.2. The van der Waals surface area contributed by atoms with Gasteiger partial charge in [0.25, 0.3) is 11.7 Å². The van der Waals surface area contributed by atoms with E-state index in [2.05, 4.69) is 5.10 Å². The van der Waals surface area contributed by atoms with Crippen LogP contribution >= 0.6 is 0 Å². The summed E-state index contributed by atoms with van der Waals surface area (Å²) in [7, 11) is 6.83. The number of hydrogen-bond acceptors (Lipinski definition) is 7. The number of nitrogens with zero attached hydrogens (tertiary/aromatic N) is 4. The van der Waals surface area contributed by atoms with Gasteiger partial charge in [-0.25, -0.2) is 4.68 Å². The van der Waals surface area contributed by atoms with Crippen LogP contribution in [0.25, 0.3) is 11.4 Å². The van der Waals surface area contributed by atoms with Crippen molar-refractivity contribution in [2.24, 2.45) is 0 Å². The summed E-state index contributed by atoms with van der Waals surface area (Å²) in [5, 5.41) is 15.9. The smallest absolute Gasteiger partial charge is 0.295 e. The summed E-state index contributed by atoms with van der Waals surface area (Å²) in [5.41, 5.74) is 2.35. The number of para-hydroxylation sites is 1. The molecule has 1 N–H and O–H groups in total. The van der Waals surface area contributed by atoms with Crippen molar-refractivity contribution in [1.82, 2.24) is 19.6 Å². The van der Waals surface area contributed by atoms with Crippen LogP contribution in [0.1, 0.15) is 22.9 Å². The van der Waals surface area contributed by atoms with Crippen LogP contribution in [0.15, 0.2) is 60.3 Å². The molecule has 4 rings (SSSR count). The molecule has 9 heteroatoms. The number of carbonyl (C=O) groups is 2. The van der Waals surface area contributed by atoms with Gasteiger partial charge in [0.15, 0.2) is 0 Å². The Balaban J connectivity index is 1.91. The van der Waals surface area contributed by atoms with Crippen molar-refractivity contribution in [1.29, 1.82) is 0 Å². The number of likely N-dealkylation sites (N-methyl/N-ethyl adjacent to an activating group) is 1. The number of carbonyl (C=O) groups excluding carboxylic acids is 2. The summed E-state index contributed by atoms with van der Waals surface area (Å²) in [6.45, 7) is 2.61. The quantitative estimate of drug-likeness (QED) is 0.294. The first-order valence-corrected chi connectivity index (χ1v) is 11.5. The van der Waals surface area contributed by atoms with Gasteiger partial charge >= 0.3 is 0 Å². The average Bonchev–Trinajstić information content (AvgIpc) is 3.39. The molecule has 0 aliphatic carbocycles. The zero-order chi connectivity index (χ0) is 26.0. The Morgan fingerprint density at radius 2 is 1.81 bits per heavy atom. The summed E-state index contributed by atoms with van der Waals surface area (Å²) in [6, 6.07) is 13.8. The highest BCUT2D eigenvalue weighted by atomic mass is 16.5. The zero-order valence-electron chi connectivity index (χ0n) is 21.1. The van der Waals surface area contributed by atoms with Gasteiger partial charge in [-0.2, -0.15) is 5.10 Å². The van der Waals surface area contributed by atoms with E-state index >= 15 is 0 Å². The molecular formula is C27H30N4O5. The van der Waals surface area contributed by atoms with Crippen LogP contribution < -0.4 is 9.47 Å². The minimum absolute atomic E-state index is 0.0129. The molecule has 1 aromatic heterocycles. The average molecular weight is 491 g/mol. The third-order valence-corrected chi connectivity index (χ3v) is 6.33. The van der Waals surface area contributed by atoms with E-state index in [1.54, 1.807) is 29.8 Å². The second-order valence-corrected chi connectivity index (χ2v) is 8.79. The Hall–Kier alpha value is -4.11. The molecular weight excluding hydrogens is 460 g/mol. The van der Waals surface area contributed by atoms with Crippen LogP contribution in [-0.4, -0.2) is 77.8 Å². The van der Waals surface area contributed by atoms with E-state index in [1.807, 2.05) is 49.3 Å². The first-order valence-electron chi connectivity index (χ1n) is 11.5. The monoisotopic (exact) mass is 490 g/mol. The highest BCUT2D eigenvalue weighted by molar-refractivity contribution is 6.46. The van der Waals surface area contributed by atoms with Gasteiger partial charge in [0.05, 0.1) is 49.0 Å². The Kier molecular flexibility index (Phi) is 7.12. The maximum atomic E-state index is 13.4. The van der Waals surface area contributed by atoms with E-state index in [9.17, 15) is 14.7 Å². The van der Waals surface area contributed by atoms with Gasteiger partial charge in [0.2, 0.25) is 0 Å². The van der Waals surface area contributed by atoms with Crippen LogP contribution in [0.2, 0.25) is 0 Å². The van der Waals surface area contributed by atoms with Gasteiger partial charge in [-0.15, -0.1) is 0 Å². The van der Waals surface area contributed by atoms with Crippen LogP contribution in [0.4, 0.5) is 0 Å². The predicted molar refractivity (Wildman–Crippen MR) is 135 cm³/mol. The number of likely N-dealkylation sites (tertiary alicyclic amines) is 1. The van der Waals surface area contributed by atoms with Crippen LogP contribution in [0.5, 0.6) is 11.5 Å². The Bertz CT molecular complexity index is 1310. The lowest BCUT2D eigenvalue weighted by molar-refractivity contribution is -0.140. The van der Waals surface area contributed by atoms with E-state index < -0.39 is 17.7 Å². The molecule has 36 heavy (non-hydrogen) atoms. The van der Waals surface area contributed by atoms with E-state index in [-0.39, 0.29) is 17.9 Å². The SMILES string of the molecule is COc1ccc(OC)c([C@@H]2/C(=C(\O)c3cnn(-c4ccccc4)c3C)C(=O)C(=O)N2CCN(C)C)c1. The van der Waals surface area contributed by atoms with Gasteiger partial charge in [-0.1, -0.05) is 18.2 Å². The van der Waals surface area contributed by atoms with Gasteiger partial charge in [0.1, 0.15) is 17.3 Å². The largest absolute Gasteiger partial charge is 0.507 e. The summed E-state index contributed by atoms with van der Waals surface area (Å²) in [4.78, 5) is 30.0. The van der Waals surface area contributed by atoms with Crippen molar-refractivity contribution in [3.05, 3.63) is 77.1 Å². The molecule has 1 atom stereocenters. The number of ketones is 1. The highest BCUT2D eigenvalue weighted by Gasteiger charge is 2.47. The normalized spacial score (nSPS) is 17.2. The highest BCUT2D eigenvalue weighted by Crippen LogP contribution is 2.44. The number of methoxy groups -OCH3 is 2. The fraction of sp³-hybridized carbons (Fsp3) is 0.296. The minimum atomic E-state index is -0.866. The van der Waals surface area contributed by atoms with Crippen molar-refractivity contribution in [3.8, 4) is 17.2 Å². The van der Waals surface area contributed by atoms with Gasteiger partial charge in [0, 0.05) is 18.7 Å². The Morgan fingerprint density at radius 1 is 1.08 bits per heavy atom. The van der Waals surface area contributed by atoms with Crippen LogP contribution in [-0.2, 0) is 9.59 Å². The molecule has 1 fully saturated rings. The number of aliphatic hydroxyl groups excluding tert-OH is 1. The summed E-state index contributed by atoms with van der Waals surface area (Å²) < 4.78 is 12.7. The number of hydrogen-bond donors (Lipinski definition) is 1. The van der Waals surface area contributed by atoms with Gasteiger partial charge in [-0.05, 0) is 51.4 Å². The topological polar surface area (TPSA) is 97.1 Å². The molecule has 0 spiro atoms. The van der Waals surface area contributed by atoms with E-state index in [0.717, 1.165) is 5.69 Å². The lowest BCUT2D eigenvalue weighted by atomic mass is 9.94. The molecule has 1 aliphatic heterocycles. The van der Waals surface area contributed by atoms with E-state index in [1.165, 1.54) is 25.3 Å². The molecule has 1 amide bonds. The Labute approximate surface area is 210 Å². The zero-order valence-corrected chi connectivity index (χ0v) is 21.1. The first-order chi connectivity index (χ1) is 17.3. The number of aliphatic hydroxyl groups is 1. The maximum Gasteiger partial charge on any atom is 0.295 e. The van der Waals surface area contributed by atoms with Gasteiger partial charge in [-0.3, -0.25) is 9.59 Å². The third kappa shape index (κ3) is 4.45. The van der Waals surface area contributed by atoms with Crippen molar-refractivity contribution in [2.45, 2.75) is 13.0 Å². The van der Waals surface area contributed by atoms with Crippen molar-refractivity contribution in [3.63, 3.8) is 0 Å². The van der Waals surface area contributed by atoms with E-state index in [4.69, 9.17) is 9.47 Å². The number of ether oxygens (including phenoxy) is 2. The molecule has 9 nitrogen and oxygen atoms in total. The third-order valence-electron chi connectivity index (χ3n) is 6.33.